The molecule has 0 spiro atoms. The third kappa shape index (κ3) is 3.43. The first-order chi connectivity index (χ1) is 10.1. The van der Waals surface area contributed by atoms with Crippen molar-refractivity contribution in [2.45, 2.75) is 31.6 Å². The second-order valence-electron chi connectivity index (χ2n) is 6.35. The number of aliphatic hydroxyl groups excluding tert-OH is 1. The highest BCUT2D eigenvalue weighted by Gasteiger charge is 2.42. The van der Waals surface area contributed by atoms with E-state index < -0.39 is 0 Å². The van der Waals surface area contributed by atoms with Gasteiger partial charge in [0.25, 0.3) is 0 Å². The van der Waals surface area contributed by atoms with Crippen LogP contribution >= 0.6 is 11.8 Å². The zero-order chi connectivity index (χ0) is 14.8. The van der Waals surface area contributed by atoms with Crippen LogP contribution in [0.4, 0.5) is 0 Å². The van der Waals surface area contributed by atoms with Gasteiger partial charge >= 0.3 is 0 Å². The average Bonchev–Trinajstić information content (AvgIpc) is 3.04. The number of amides is 1. The Hall–Kier alpha value is -1.00. The fraction of sp³-hybridized carbons (Fsp3) is 0.588. The maximum atomic E-state index is 12.3. The third-order valence-corrected chi connectivity index (χ3v) is 5.78. The number of rotatable bonds is 4. The van der Waals surface area contributed by atoms with Crippen LogP contribution in [0.25, 0.3) is 0 Å². The SMILES string of the molecule is Cc1ccc(CSCC(=O)N2CC3CCC(O)C3C2)cc1. The molecule has 1 aliphatic heterocycles. The predicted molar refractivity (Wildman–Crippen MR) is 86.1 cm³/mol. The summed E-state index contributed by atoms with van der Waals surface area (Å²) in [7, 11) is 0. The quantitative estimate of drug-likeness (QED) is 0.929. The van der Waals surface area contributed by atoms with Crippen LogP contribution in [0.15, 0.2) is 24.3 Å². The summed E-state index contributed by atoms with van der Waals surface area (Å²) >= 11 is 1.68. The van der Waals surface area contributed by atoms with E-state index in [1.54, 1.807) is 11.8 Å². The number of nitrogens with zero attached hydrogens (tertiary/aromatic N) is 1. The molecule has 1 aromatic rings. The Morgan fingerprint density at radius 1 is 1.29 bits per heavy atom. The molecular formula is C17H23NO2S. The monoisotopic (exact) mass is 305 g/mol. The molecule has 4 heteroatoms. The minimum atomic E-state index is -0.187. The van der Waals surface area contributed by atoms with E-state index in [4.69, 9.17) is 0 Å². The van der Waals surface area contributed by atoms with E-state index in [9.17, 15) is 9.90 Å². The molecule has 1 N–H and O–H groups in total. The third-order valence-electron chi connectivity index (χ3n) is 4.79. The normalized spacial score (nSPS) is 27.9. The fourth-order valence-corrected chi connectivity index (χ4v) is 4.36. The van der Waals surface area contributed by atoms with Gasteiger partial charge in [-0.3, -0.25) is 4.79 Å². The summed E-state index contributed by atoms with van der Waals surface area (Å²) in [5, 5.41) is 9.90. The molecule has 1 saturated heterocycles. The summed E-state index contributed by atoms with van der Waals surface area (Å²) in [6, 6.07) is 8.48. The van der Waals surface area contributed by atoms with E-state index in [1.807, 2.05) is 4.90 Å². The number of aryl methyl sites for hydroxylation is 1. The van der Waals surface area contributed by atoms with Crippen molar-refractivity contribution in [1.82, 2.24) is 4.90 Å². The van der Waals surface area contributed by atoms with Crippen molar-refractivity contribution in [3.63, 3.8) is 0 Å². The van der Waals surface area contributed by atoms with Gasteiger partial charge in [-0.2, -0.15) is 0 Å². The van der Waals surface area contributed by atoms with Crippen molar-refractivity contribution >= 4 is 17.7 Å². The van der Waals surface area contributed by atoms with E-state index in [2.05, 4.69) is 31.2 Å². The largest absolute Gasteiger partial charge is 0.393 e. The first-order valence-electron chi connectivity index (χ1n) is 7.72. The molecule has 3 rings (SSSR count). The number of carbonyl (C=O) groups excluding carboxylic acids is 1. The molecule has 0 radical (unpaired) electrons. The van der Waals surface area contributed by atoms with Crippen molar-refractivity contribution in [2.75, 3.05) is 18.8 Å². The molecule has 0 aromatic heterocycles. The van der Waals surface area contributed by atoms with E-state index in [-0.39, 0.29) is 12.0 Å². The first-order valence-corrected chi connectivity index (χ1v) is 8.88. The smallest absolute Gasteiger partial charge is 0.232 e. The molecule has 2 aliphatic rings. The van der Waals surface area contributed by atoms with E-state index in [0.717, 1.165) is 31.7 Å². The summed E-state index contributed by atoms with van der Waals surface area (Å²) in [4.78, 5) is 14.2. The number of thioether (sulfide) groups is 1. The Balaban J connectivity index is 1.44. The molecule has 2 fully saturated rings. The van der Waals surface area contributed by atoms with Gasteiger partial charge in [0.1, 0.15) is 0 Å². The van der Waals surface area contributed by atoms with Crippen LogP contribution in [0.3, 0.4) is 0 Å². The average molecular weight is 305 g/mol. The molecule has 1 amide bonds. The summed E-state index contributed by atoms with van der Waals surface area (Å²) < 4.78 is 0. The van der Waals surface area contributed by atoms with E-state index in [0.29, 0.717) is 17.6 Å². The minimum absolute atomic E-state index is 0.187. The topological polar surface area (TPSA) is 40.5 Å². The molecule has 3 nitrogen and oxygen atoms in total. The summed E-state index contributed by atoms with van der Waals surface area (Å²) in [5.41, 5.74) is 2.54. The lowest BCUT2D eigenvalue weighted by Gasteiger charge is -2.18. The lowest BCUT2D eigenvalue weighted by Crippen LogP contribution is -2.32. The minimum Gasteiger partial charge on any atom is -0.393 e. The van der Waals surface area contributed by atoms with Crippen LogP contribution in [0.2, 0.25) is 0 Å². The van der Waals surface area contributed by atoms with Crippen LogP contribution in [0, 0.1) is 18.8 Å². The Kier molecular flexibility index (Phi) is 4.55. The zero-order valence-corrected chi connectivity index (χ0v) is 13.3. The van der Waals surface area contributed by atoms with Crippen molar-refractivity contribution in [3.05, 3.63) is 35.4 Å². The maximum absolute atomic E-state index is 12.3. The predicted octanol–water partition coefficient (Wildman–Crippen LogP) is 2.46. The fourth-order valence-electron chi connectivity index (χ4n) is 3.47. The Morgan fingerprint density at radius 2 is 2.05 bits per heavy atom. The molecule has 3 atom stereocenters. The number of benzene rings is 1. The van der Waals surface area contributed by atoms with Gasteiger partial charge in [-0.1, -0.05) is 29.8 Å². The second-order valence-corrected chi connectivity index (χ2v) is 7.33. The highest BCUT2D eigenvalue weighted by atomic mass is 32.2. The molecule has 114 valence electrons. The molecule has 1 saturated carbocycles. The maximum Gasteiger partial charge on any atom is 0.232 e. The molecule has 1 aromatic carbocycles. The van der Waals surface area contributed by atoms with Crippen LogP contribution in [0.5, 0.6) is 0 Å². The van der Waals surface area contributed by atoms with E-state index >= 15 is 0 Å². The van der Waals surface area contributed by atoms with Gasteiger partial charge in [-0.15, -0.1) is 11.8 Å². The highest BCUT2D eigenvalue weighted by molar-refractivity contribution is 7.99. The van der Waals surface area contributed by atoms with Crippen molar-refractivity contribution < 1.29 is 9.90 Å². The second kappa shape index (κ2) is 6.41. The number of carbonyl (C=O) groups is 1. The summed E-state index contributed by atoms with van der Waals surface area (Å²) in [5.74, 6) is 2.52. The number of hydrogen-bond donors (Lipinski definition) is 1. The standard InChI is InChI=1S/C17H23NO2S/c1-12-2-4-13(5-3-12)10-21-11-17(20)18-8-14-6-7-16(19)15(14)9-18/h2-5,14-16,19H,6-11H2,1H3. The number of fused-ring (bicyclic) bond motifs is 1. The van der Waals surface area contributed by atoms with Gasteiger partial charge in [0, 0.05) is 24.8 Å². The molecule has 3 unspecified atom stereocenters. The van der Waals surface area contributed by atoms with Gasteiger partial charge in [0.2, 0.25) is 5.91 Å². The Labute approximate surface area is 130 Å². The van der Waals surface area contributed by atoms with Crippen LogP contribution in [0.1, 0.15) is 24.0 Å². The highest BCUT2D eigenvalue weighted by Crippen LogP contribution is 2.38. The van der Waals surface area contributed by atoms with Gasteiger partial charge in [-0.05, 0) is 31.2 Å². The molecular weight excluding hydrogens is 282 g/mol. The molecule has 1 heterocycles. The molecule has 21 heavy (non-hydrogen) atoms. The number of likely N-dealkylation sites (tertiary alicyclic amines) is 1. The van der Waals surface area contributed by atoms with Crippen molar-refractivity contribution in [2.24, 2.45) is 11.8 Å². The lowest BCUT2D eigenvalue weighted by atomic mass is 10.00. The summed E-state index contributed by atoms with van der Waals surface area (Å²) in [6.07, 6.45) is 1.80. The summed E-state index contributed by atoms with van der Waals surface area (Å²) in [6.45, 7) is 3.69. The van der Waals surface area contributed by atoms with Gasteiger partial charge in [0.15, 0.2) is 0 Å². The van der Waals surface area contributed by atoms with Crippen LogP contribution in [-0.2, 0) is 10.5 Å². The van der Waals surface area contributed by atoms with Crippen molar-refractivity contribution in [3.8, 4) is 0 Å². The first kappa shape index (κ1) is 14.9. The Bertz CT molecular complexity index is 502. The van der Waals surface area contributed by atoms with Crippen molar-refractivity contribution in [1.29, 1.82) is 0 Å². The van der Waals surface area contributed by atoms with Crippen LogP contribution < -0.4 is 0 Å². The van der Waals surface area contributed by atoms with Gasteiger partial charge < -0.3 is 10.0 Å². The van der Waals surface area contributed by atoms with E-state index in [1.165, 1.54) is 11.1 Å². The lowest BCUT2D eigenvalue weighted by molar-refractivity contribution is -0.127. The number of hydrogen-bond acceptors (Lipinski definition) is 3. The zero-order valence-electron chi connectivity index (χ0n) is 12.5. The molecule has 0 bridgehead atoms. The van der Waals surface area contributed by atoms with Gasteiger partial charge in [0.05, 0.1) is 11.9 Å². The number of aliphatic hydroxyl groups is 1. The van der Waals surface area contributed by atoms with Gasteiger partial charge in [-0.25, -0.2) is 0 Å². The van der Waals surface area contributed by atoms with Crippen LogP contribution in [-0.4, -0.2) is 40.9 Å². The molecule has 1 aliphatic carbocycles. The Morgan fingerprint density at radius 3 is 2.76 bits per heavy atom.